The largest absolute Gasteiger partial charge is 0.495 e. The van der Waals surface area contributed by atoms with Crippen molar-refractivity contribution < 1.29 is 9.53 Å². The first-order chi connectivity index (χ1) is 14.6. The fourth-order valence-corrected chi connectivity index (χ4v) is 4.94. The zero-order chi connectivity index (χ0) is 20.9. The second-order valence-corrected chi connectivity index (χ2v) is 8.09. The molecule has 7 heteroatoms. The van der Waals surface area contributed by atoms with Gasteiger partial charge in [-0.25, -0.2) is 4.98 Å². The highest BCUT2D eigenvalue weighted by Crippen LogP contribution is 2.52. The molecule has 3 aromatic heterocycles. The van der Waals surface area contributed by atoms with Crippen LogP contribution in [0.1, 0.15) is 54.2 Å². The van der Waals surface area contributed by atoms with Crippen LogP contribution in [0.2, 0.25) is 0 Å². The van der Waals surface area contributed by atoms with Gasteiger partial charge in [0.2, 0.25) is 0 Å². The first-order valence-corrected chi connectivity index (χ1v) is 10.5. The number of amides is 1. The Morgan fingerprint density at radius 3 is 2.67 bits per heavy atom. The van der Waals surface area contributed by atoms with E-state index in [-0.39, 0.29) is 5.91 Å². The molecular formula is C23H25N5O2. The molecule has 1 fully saturated rings. The molecule has 1 amide bonds. The summed E-state index contributed by atoms with van der Waals surface area (Å²) in [5.74, 6) is 0.718. The van der Waals surface area contributed by atoms with Crippen molar-refractivity contribution in [1.82, 2.24) is 19.7 Å². The fourth-order valence-electron chi connectivity index (χ4n) is 4.94. The van der Waals surface area contributed by atoms with Crippen LogP contribution in [0.4, 0.5) is 5.69 Å². The predicted octanol–water partition coefficient (Wildman–Crippen LogP) is 4.11. The number of hydrogen-bond acceptors (Lipinski definition) is 5. The van der Waals surface area contributed by atoms with E-state index in [1.165, 1.54) is 0 Å². The minimum absolute atomic E-state index is 0.0304. The summed E-state index contributed by atoms with van der Waals surface area (Å²) < 4.78 is 7.20. The van der Waals surface area contributed by atoms with Gasteiger partial charge >= 0.3 is 0 Å². The van der Waals surface area contributed by atoms with E-state index < -0.39 is 5.54 Å². The standard InChI is InChI=1S/C23H25N5O2/c1-4-27-14-17(12-25-27)28-22(29)20-15(2)9-19(16-10-18(30-3)13-24-11-16)26-21(20)23(28)7-5-6-8-23/h9-14H,4-8H2,1-3H3. The highest BCUT2D eigenvalue weighted by atomic mass is 16.5. The Morgan fingerprint density at radius 2 is 1.97 bits per heavy atom. The Balaban J connectivity index is 1.68. The highest BCUT2D eigenvalue weighted by Gasteiger charge is 2.54. The summed E-state index contributed by atoms with van der Waals surface area (Å²) in [6.07, 6.45) is 11.2. The van der Waals surface area contributed by atoms with Gasteiger partial charge in [-0.15, -0.1) is 0 Å². The highest BCUT2D eigenvalue weighted by molar-refractivity contribution is 6.12. The lowest BCUT2D eigenvalue weighted by molar-refractivity contribution is 0.0976. The van der Waals surface area contributed by atoms with Crippen molar-refractivity contribution in [3.05, 3.63) is 53.7 Å². The van der Waals surface area contributed by atoms with Gasteiger partial charge in [0, 0.05) is 24.5 Å². The van der Waals surface area contributed by atoms with Gasteiger partial charge in [-0.1, -0.05) is 12.8 Å². The maximum atomic E-state index is 13.6. The number of carbonyl (C=O) groups is 1. The number of hydrogen-bond donors (Lipinski definition) is 0. The average Bonchev–Trinajstić information content (AvgIpc) is 3.48. The molecule has 4 heterocycles. The van der Waals surface area contributed by atoms with Crippen molar-refractivity contribution in [3.8, 4) is 17.0 Å². The monoisotopic (exact) mass is 403 g/mol. The molecule has 0 N–H and O–H groups in total. The molecule has 0 radical (unpaired) electrons. The van der Waals surface area contributed by atoms with Crippen molar-refractivity contribution in [1.29, 1.82) is 0 Å². The Kier molecular flexibility index (Phi) is 4.34. The molecule has 1 spiro atoms. The topological polar surface area (TPSA) is 73.1 Å². The maximum absolute atomic E-state index is 13.6. The van der Waals surface area contributed by atoms with E-state index in [0.29, 0.717) is 5.75 Å². The van der Waals surface area contributed by atoms with Gasteiger partial charge < -0.3 is 4.74 Å². The molecule has 0 unspecified atom stereocenters. The minimum atomic E-state index is -0.402. The third-order valence-corrected chi connectivity index (χ3v) is 6.38. The van der Waals surface area contributed by atoms with Gasteiger partial charge in [0.15, 0.2) is 0 Å². The third-order valence-electron chi connectivity index (χ3n) is 6.38. The van der Waals surface area contributed by atoms with Crippen molar-refractivity contribution in [3.63, 3.8) is 0 Å². The Hall–Kier alpha value is -3.22. The van der Waals surface area contributed by atoms with Gasteiger partial charge in [0.05, 0.1) is 47.7 Å². The maximum Gasteiger partial charge on any atom is 0.261 e. The third kappa shape index (κ3) is 2.65. The van der Waals surface area contributed by atoms with Crippen LogP contribution in [0.3, 0.4) is 0 Å². The van der Waals surface area contributed by atoms with Crippen molar-refractivity contribution >= 4 is 11.6 Å². The second-order valence-electron chi connectivity index (χ2n) is 8.09. The Bertz CT molecular complexity index is 1130. The lowest BCUT2D eigenvalue weighted by atomic mass is 9.90. The molecule has 0 aromatic carbocycles. The molecule has 3 aromatic rings. The number of methoxy groups -OCH3 is 1. The first kappa shape index (κ1) is 18.8. The molecular weight excluding hydrogens is 378 g/mol. The first-order valence-electron chi connectivity index (χ1n) is 10.5. The SMILES string of the molecule is CCn1cc(N2C(=O)c3c(C)cc(-c4cncc(OC)c4)nc3C23CCCC3)cn1. The molecule has 2 aliphatic rings. The van der Waals surface area contributed by atoms with Crippen LogP contribution >= 0.6 is 0 Å². The van der Waals surface area contributed by atoms with E-state index in [1.807, 2.05) is 41.8 Å². The molecule has 5 rings (SSSR count). The van der Waals surface area contributed by atoms with Crippen molar-refractivity contribution in [2.24, 2.45) is 0 Å². The van der Waals surface area contributed by atoms with E-state index in [1.54, 1.807) is 25.7 Å². The second kappa shape index (κ2) is 6.93. The number of ether oxygens (including phenoxy) is 1. The van der Waals surface area contributed by atoms with E-state index in [0.717, 1.165) is 66.0 Å². The summed E-state index contributed by atoms with van der Waals surface area (Å²) in [7, 11) is 1.63. The van der Waals surface area contributed by atoms with Crippen LogP contribution < -0.4 is 9.64 Å². The van der Waals surface area contributed by atoms with E-state index in [2.05, 4.69) is 10.1 Å². The molecule has 0 atom stereocenters. The minimum Gasteiger partial charge on any atom is -0.495 e. The van der Waals surface area contributed by atoms with Crippen LogP contribution in [0.25, 0.3) is 11.3 Å². The smallest absolute Gasteiger partial charge is 0.261 e. The van der Waals surface area contributed by atoms with Crippen LogP contribution in [0.5, 0.6) is 5.75 Å². The summed E-state index contributed by atoms with van der Waals surface area (Å²) in [5.41, 5.74) is 4.74. The summed E-state index contributed by atoms with van der Waals surface area (Å²) in [4.78, 5) is 24.9. The lowest BCUT2D eigenvalue weighted by Crippen LogP contribution is -2.42. The van der Waals surface area contributed by atoms with Crippen LogP contribution in [-0.2, 0) is 12.1 Å². The van der Waals surface area contributed by atoms with Gasteiger partial charge in [-0.2, -0.15) is 5.10 Å². The lowest BCUT2D eigenvalue weighted by Gasteiger charge is -2.34. The van der Waals surface area contributed by atoms with Gasteiger partial charge in [0.1, 0.15) is 5.75 Å². The normalized spacial score (nSPS) is 17.0. The van der Waals surface area contributed by atoms with Gasteiger partial charge in [0.25, 0.3) is 5.91 Å². The number of fused-ring (bicyclic) bond motifs is 2. The zero-order valence-electron chi connectivity index (χ0n) is 17.6. The van der Waals surface area contributed by atoms with E-state index in [9.17, 15) is 4.79 Å². The molecule has 7 nitrogen and oxygen atoms in total. The van der Waals surface area contributed by atoms with Gasteiger partial charge in [-0.3, -0.25) is 19.4 Å². The average molecular weight is 403 g/mol. The van der Waals surface area contributed by atoms with Gasteiger partial charge in [-0.05, 0) is 44.4 Å². The van der Waals surface area contributed by atoms with E-state index >= 15 is 0 Å². The molecule has 1 aliphatic carbocycles. The summed E-state index contributed by atoms with van der Waals surface area (Å²) in [5, 5.41) is 4.42. The predicted molar refractivity (Wildman–Crippen MR) is 114 cm³/mol. The van der Waals surface area contributed by atoms with Crippen LogP contribution in [0.15, 0.2) is 36.9 Å². The Labute approximate surface area is 175 Å². The molecule has 0 bridgehead atoms. The number of aromatic nitrogens is 4. The molecule has 154 valence electrons. The molecule has 30 heavy (non-hydrogen) atoms. The zero-order valence-corrected chi connectivity index (χ0v) is 17.6. The fraction of sp³-hybridized carbons (Fsp3) is 0.391. The number of aryl methyl sites for hydroxylation is 2. The number of nitrogens with zero attached hydrogens (tertiary/aromatic N) is 5. The van der Waals surface area contributed by atoms with Crippen molar-refractivity contribution in [2.45, 2.75) is 51.6 Å². The number of anilines is 1. The molecule has 1 saturated carbocycles. The number of rotatable bonds is 4. The van der Waals surface area contributed by atoms with Crippen molar-refractivity contribution in [2.75, 3.05) is 12.0 Å². The quantitative estimate of drug-likeness (QED) is 0.656. The van der Waals surface area contributed by atoms with E-state index in [4.69, 9.17) is 9.72 Å². The number of carbonyl (C=O) groups excluding carboxylic acids is 1. The Morgan fingerprint density at radius 1 is 1.17 bits per heavy atom. The molecule has 1 aliphatic heterocycles. The molecule has 0 saturated heterocycles. The van der Waals surface area contributed by atoms with Crippen LogP contribution in [-0.4, -0.2) is 32.8 Å². The van der Waals surface area contributed by atoms with Crippen LogP contribution in [0, 0.1) is 6.92 Å². The summed E-state index contributed by atoms with van der Waals surface area (Å²) >= 11 is 0. The summed E-state index contributed by atoms with van der Waals surface area (Å²) in [6.45, 7) is 4.81. The number of pyridine rings is 2. The summed E-state index contributed by atoms with van der Waals surface area (Å²) in [6, 6.07) is 3.91.